The monoisotopic (exact) mass is 436 g/mol. The van der Waals surface area contributed by atoms with E-state index in [1.54, 1.807) is 0 Å². The molecule has 1 atom stereocenters. The minimum absolute atomic E-state index is 0.120. The van der Waals surface area contributed by atoms with Gasteiger partial charge in [-0.05, 0) is 26.3 Å². The summed E-state index contributed by atoms with van der Waals surface area (Å²) >= 11 is 0. The maximum absolute atomic E-state index is 13.1. The third kappa shape index (κ3) is 7.15. The zero-order valence-corrected chi connectivity index (χ0v) is 20.6. The Hall–Kier alpha value is -2.24. The van der Waals surface area contributed by atoms with Gasteiger partial charge in [0.25, 0.3) is 0 Å². The zero-order chi connectivity index (χ0) is 23.6. The Bertz CT molecular complexity index is 738. The second kappa shape index (κ2) is 12.6. The quantitative estimate of drug-likeness (QED) is 0.195. The molecule has 31 heavy (non-hydrogen) atoms. The van der Waals surface area contributed by atoms with Gasteiger partial charge in [0.2, 0.25) is 0 Å². The number of Topliss-reactive ketones (excluding diaryl/α,β-unsaturated/α-hetero) is 1. The first kappa shape index (κ1) is 26.8. The van der Waals surface area contributed by atoms with Crippen molar-refractivity contribution in [2.45, 2.75) is 85.7 Å². The Balaban J connectivity index is 3.03. The number of methoxy groups -OCH3 is 3. The molecule has 6 nitrogen and oxygen atoms in total. The summed E-state index contributed by atoms with van der Waals surface area (Å²) in [6.45, 7) is 9.78. The number of unbranched alkanes of at least 4 members (excludes halogenated alkanes) is 5. The molecule has 0 fully saturated rings. The molecule has 0 heterocycles. The molecule has 0 N–H and O–H groups in total. The van der Waals surface area contributed by atoms with Crippen molar-refractivity contribution in [3.05, 3.63) is 17.2 Å². The van der Waals surface area contributed by atoms with Gasteiger partial charge >= 0.3 is 5.97 Å². The van der Waals surface area contributed by atoms with E-state index >= 15 is 0 Å². The van der Waals surface area contributed by atoms with Crippen LogP contribution in [0.15, 0.2) is 6.07 Å². The van der Waals surface area contributed by atoms with Crippen LogP contribution in [0.3, 0.4) is 0 Å². The summed E-state index contributed by atoms with van der Waals surface area (Å²) in [5, 5.41) is 0. The topological polar surface area (TPSA) is 71.1 Å². The summed E-state index contributed by atoms with van der Waals surface area (Å²) < 4.78 is 22.0. The normalized spacial score (nSPS) is 12.3. The van der Waals surface area contributed by atoms with Crippen LogP contribution in [-0.2, 0) is 4.74 Å². The van der Waals surface area contributed by atoms with E-state index in [1.807, 2.05) is 6.92 Å². The third-order valence-corrected chi connectivity index (χ3v) is 5.97. The molecule has 0 amide bonds. The number of rotatable bonds is 14. The summed E-state index contributed by atoms with van der Waals surface area (Å²) in [5.74, 6) is -0.235. The van der Waals surface area contributed by atoms with E-state index in [-0.39, 0.29) is 45.7 Å². The first-order valence-corrected chi connectivity index (χ1v) is 11.2. The Morgan fingerprint density at radius 3 is 2.03 bits per heavy atom. The highest BCUT2D eigenvalue weighted by Gasteiger charge is 2.33. The number of hydrogen-bond donors (Lipinski definition) is 0. The average molecular weight is 437 g/mol. The molecule has 0 unspecified atom stereocenters. The predicted molar refractivity (Wildman–Crippen MR) is 123 cm³/mol. The van der Waals surface area contributed by atoms with E-state index in [1.165, 1.54) is 66.4 Å². The van der Waals surface area contributed by atoms with Crippen molar-refractivity contribution in [1.29, 1.82) is 0 Å². The van der Waals surface area contributed by atoms with E-state index in [0.29, 0.717) is 0 Å². The summed E-state index contributed by atoms with van der Waals surface area (Å²) in [6, 6.07) is 1.49. The molecule has 0 saturated heterocycles. The molecule has 0 radical (unpaired) electrons. The van der Waals surface area contributed by atoms with E-state index in [9.17, 15) is 9.59 Å². The molecule has 176 valence electrons. The van der Waals surface area contributed by atoms with Gasteiger partial charge in [0, 0.05) is 5.41 Å². The van der Waals surface area contributed by atoms with Crippen molar-refractivity contribution in [2.24, 2.45) is 5.41 Å². The number of ether oxygens (including phenoxy) is 4. The third-order valence-electron chi connectivity index (χ3n) is 5.97. The first-order chi connectivity index (χ1) is 14.6. The Labute approximate surface area is 187 Å². The van der Waals surface area contributed by atoms with E-state index < -0.39 is 5.97 Å². The van der Waals surface area contributed by atoms with E-state index in [0.717, 1.165) is 12.8 Å². The Morgan fingerprint density at radius 2 is 1.52 bits per heavy atom. The number of carbonyl (C=O) groups excluding carboxylic acids is 2. The molecule has 0 spiro atoms. The minimum Gasteiger partial charge on any atom is -0.496 e. The fraction of sp³-hybridized carbons (Fsp3) is 0.680. The molecule has 0 saturated carbocycles. The summed E-state index contributed by atoms with van der Waals surface area (Å²) in [6.07, 6.45) is 7.99. The molecule has 1 rings (SSSR count). The molecule has 6 heteroatoms. The van der Waals surface area contributed by atoms with E-state index in [4.69, 9.17) is 18.9 Å². The van der Waals surface area contributed by atoms with Crippen LogP contribution < -0.4 is 14.2 Å². The van der Waals surface area contributed by atoms with Crippen molar-refractivity contribution >= 4 is 11.8 Å². The SMILES string of the molecule is CCCCCCCCC(C)(C)[C@@H](C)OC(=O)c1c(OC)cc(C(C)=O)c(OC)c1OC. The van der Waals surface area contributed by atoms with Crippen LogP contribution in [0.1, 0.15) is 100 Å². The number of hydrogen-bond acceptors (Lipinski definition) is 6. The number of benzene rings is 1. The lowest BCUT2D eigenvalue weighted by atomic mass is 9.82. The molecule has 1 aromatic rings. The van der Waals surface area contributed by atoms with Gasteiger partial charge in [-0.2, -0.15) is 0 Å². The Morgan fingerprint density at radius 1 is 0.935 bits per heavy atom. The summed E-state index contributed by atoms with van der Waals surface area (Å²) in [7, 11) is 4.29. The lowest BCUT2D eigenvalue weighted by Gasteiger charge is -2.32. The van der Waals surface area contributed by atoms with Crippen molar-refractivity contribution in [2.75, 3.05) is 21.3 Å². The molecule has 0 aromatic heterocycles. The van der Waals surface area contributed by atoms with Crippen LogP contribution in [0.4, 0.5) is 0 Å². The lowest BCUT2D eigenvalue weighted by molar-refractivity contribution is -0.00383. The highest BCUT2D eigenvalue weighted by Crippen LogP contribution is 2.42. The predicted octanol–water partition coefficient (Wildman–Crippen LogP) is 6.24. The number of carbonyl (C=O) groups is 2. The second-order valence-electron chi connectivity index (χ2n) is 8.68. The summed E-state index contributed by atoms with van der Waals surface area (Å²) in [4.78, 5) is 25.2. The van der Waals surface area contributed by atoms with Gasteiger partial charge in [0.15, 0.2) is 17.3 Å². The maximum atomic E-state index is 13.1. The summed E-state index contributed by atoms with van der Waals surface area (Å²) in [5.41, 5.74) is 0.225. The smallest absolute Gasteiger partial charge is 0.346 e. The highest BCUT2D eigenvalue weighted by atomic mass is 16.6. The van der Waals surface area contributed by atoms with Crippen molar-refractivity contribution in [3.8, 4) is 17.2 Å². The van der Waals surface area contributed by atoms with Crippen LogP contribution in [0.25, 0.3) is 0 Å². The van der Waals surface area contributed by atoms with Crippen LogP contribution in [0, 0.1) is 5.41 Å². The fourth-order valence-electron chi connectivity index (χ4n) is 3.57. The number of ketones is 1. The van der Waals surface area contributed by atoms with Gasteiger partial charge in [-0.15, -0.1) is 0 Å². The van der Waals surface area contributed by atoms with Crippen molar-refractivity contribution in [1.82, 2.24) is 0 Å². The standard InChI is InChI=1S/C25H40O6/c1-9-10-11-12-13-14-15-25(4,5)18(3)31-24(27)21-20(28-6)16-19(17(2)26)22(29-7)23(21)30-8/h16,18H,9-15H2,1-8H3/t18-/m1/s1. The fourth-order valence-corrected chi connectivity index (χ4v) is 3.57. The van der Waals surface area contributed by atoms with Crippen molar-refractivity contribution < 1.29 is 28.5 Å². The van der Waals surface area contributed by atoms with Crippen LogP contribution >= 0.6 is 0 Å². The van der Waals surface area contributed by atoms with E-state index in [2.05, 4.69) is 20.8 Å². The van der Waals surface area contributed by atoms with Gasteiger partial charge in [0.1, 0.15) is 17.4 Å². The average Bonchev–Trinajstić information content (AvgIpc) is 2.73. The number of esters is 1. The van der Waals surface area contributed by atoms with Gasteiger partial charge in [-0.25, -0.2) is 4.79 Å². The molecule has 0 bridgehead atoms. The lowest BCUT2D eigenvalue weighted by Crippen LogP contribution is -2.32. The van der Waals surface area contributed by atoms with Crippen LogP contribution in [-0.4, -0.2) is 39.2 Å². The van der Waals surface area contributed by atoms with Gasteiger partial charge < -0.3 is 18.9 Å². The zero-order valence-electron chi connectivity index (χ0n) is 20.6. The van der Waals surface area contributed by atoms with Crippen LogP contribution in [0.2, 0.25) is 0 Å². The molecule has 1 aromatic carbocycles. The van der Waals surface area contributed by atoms with Gasteiger partial charge in [-0.3, -0.25) is 4.79 Å². The van der Waals surface area contributed by atoms with Crippen molar-refractivity contribution in [3.63, 3.8) is 0 Å². The molecular weight excluding hydrogens is 396 g/mol. The second-order valence-corrected chi connectivity index (χ2v) is 8.68. The molecule has 0 aliphatic heterocycles. The first-order valence-electron chi connectivity index (χ1n) is 11.2. The molecular formula is C25H40O6. The van der Waals surface area contributed by atoms with Gasteiger partial charge in [-0.1, -0.05) is 59.3 Å². The van der Waals surface area contributed by atoms with Gasteiger partial charge in [0.05, 0.1) is 26.9 Å². The largest absolute Gasteiger partial charge is 0.496 e. The molecule has 0 aliphatic carbocycles. The highest BCUT2D eigenvalue weighted by molar-refractivity contribution is 6.03. The Kier molecular flexibility index (Phi) is 10.9. The minimum atomic E-state index is -0.564. The van der Waals surface area contributed by atoms with Crippen LogP contribution in [0.5, 0.6) is 17.2 Å². The molecule has 0 aliphatic rings. The maximum Gasteiger partial charge on any atom is 0.346 e.